The molecule has 0 radical (unpaired) electrons. The zero-order valence-electron chi connectivity index (χ0n) is 14.0. The topological polar surface area (TPSA) is 83.9 Å². The molecule has 126 valence electrons. The maximum absolute atomic E-state index is 12.3. The first-order valence-electron chi connectivity index (χ1n) is 7.78. The fraction of sp³-hybridized carbons (Fsp3) is 0.167. The second kappa shape index (κ2) is 7.48. The van der Waals surface area contributed by atoms with Gasteiger partial charge in [-0.05, 0) is 18.2 Å². The third-order valence-electron chi connectivity index (χ3n) is 3.54. The Morgan fingerprint density at radius 1 is 1.00 bits per heavy atom. The molecule has 25 heavy (non-hydrogen) atoms. The first kappa shape index (κ1) is 16.5. The molecule has 0 spiro atoms. The Kier molecular flexibility index (Phi) is 4.94. The van der Waals surface area contributed by atoms with Crippen molar-refractivity contribution in [2.24, 2.45) is 0 Å². The van der Waals surface area contributed by atoms with Gasteiger partial charge in [-0.1, -0.05) is 12.1 Å². The first-order valence-corrected chi connectivity index (χ1v) is 7.78. The Hall–Kier alpha value is -3.35. The summed E-state index contributed by atoms with van der Waals surface area (Å²) >= 11 is 0. The number of hydrogen-bond donors (Lipinski definition) is 1. The van der Waals surface area contributed by atoms with Crippen LogP contribution < -0.4 is 10.2 Å². The third-order valence-corrected chi connectivity index (χ3v) is 3.54. The zero-order chi connectivity index (χ0) is 17.6. The van der Waals surface area contributed by atoms with Gasteiger partial charge in [0.05, 0.1) is 5.56 Å². The van der Waals surface area contributed by atoms with Crippen LogP contribution in [0.4, 0.5) is 5.82 Å². The molecule has 0 fully saturated rings. The Balaban J connectivity index is 1.68. The normalized spacial score (nSPS) is 10.3. The minimum absolute atomic E-state index is 0.235. The van der Waals surface area contributed by atoms with Crippen molar-refractivity contribution >= 4 is 11.7 Å². The molecule has 0 unspecified atom stereocenters. The molecule has 3 aromatic rings. The lowest BCUT2D eigenvalue weighted by Crippen LogP contribution is -2.25. The molecule has 3 heterocycles. The van der Waals surface area contributed by atoms with Crippen molar-refractivity contribution in [1.29, 1.82) is 0 Å². The highest BCUT2D eigenvalue weighted by atomic mass is 16.1. The fourth-order valence-corrected chi connectivity index (χ4v) is 2.32. The quantitative estimate of drug-likeness (QED) is 0.767. The molecule has 3 rings (SSSR count). The number of carbonyl (C=O) groups is 1. The van der Waals surface area contributed by atoms with Crippen molar-refractivity contribution in [3.63, 3.8) is 0 Å². The van der Waals surface area contributed by atoms with E-state index >= 15 is 0 Å². The molecule has 3 aromatic heterocycles. The van der Waals surface area contributed by atoms with Crippen molar-refractivity contribution in [2.45, 2.75) is 6.54 Å². The van der Waals surface area contributed by atoms with E-state index < -0.39 is 0 Å². The van der Waals surface area contributed by atoms with Gasteiger partial charge in [0, 0.05) is 51.0 Å². The summed E-state index contributed by atoms with van der Waals surface area (Å²) in [4.78, 5) is 31.2. The van der Waals surface area contributed by atoms with Crippen LogP contribution in [0, 0.1) is 0 Å². The summed E-state index contributed by atoms with van der Waals surface area (Å²) in [7, 11) is 3.83. The largest absolute Gasteiger partial charge is 0.362 e. The number of rotatable bonds is 5. The van der Waals surface area contributed by atoms with Gasteiger partial charge >= 0.3 is 0 Å². The van der Waals surface area contributed by atoms with E-state index in [2.05, 4.69) is 25.3 Å². The summed E-state index contributed by atoms with van der Waals surface area (Å²) in [6, 6.07) is 9.29. The minimum Gasteiger partial charge on any atom is -0.362 e. The maximum atomic E-state index is 12.3. The van der Waals surface area contributed by atoms with Crippen LogP contribution in [-0.2, 0) is 6.54 Å². The van der Waals surface area contributed by atoms with Gasteiger partial charge in [0.15, 0.2) is 5.82 Å². The molecule has 0 saturated heterocycles. The number of aromatic nitrogens is 4. The maximum Gasteiger partial charge on any atom is 0.254 e. The molecule has 7 heteroatoms. The van der Waals surface area contributed by atoms with Crippen molar-refractivity contribution in [3.8, 4) is 11.5 Å². The van der Waals surface area contributed by atoms with Gasteiger partial charge in [0.2, 0.25) is 0 Å². The van der Waals surface area contributed by atoms with Gasteiger partial charge in [-0.15, -0.1) is 0 Å². The molecular weight excluding hydrogens is 316 g/mol. The van der Waals surface area contributed by atoms with E-state index in [-0.39, 0.29) is 5.91 Å². The predicted molar refractivity (Wildman–Crippen MR) is 95.0 cm³/mol. The van der Waals surface area contributed by atoms with Crippen molar-refractivity contribution in [3.05, 3.63) is 66.2 Å². The summed E-state index contributed by atoms with van der Waals surface area (Å²) in [5.41, 5.74) is 2.00. The van der Waals surface area contributed by atoms with Crippen molar-refractivity contribution in [1.82, 2.24) is 25.3 Å². The molecule has 0 atom stereocenters. The average Bonchev–Trinajstić information content (AvgIpc) is 2.67. The summed E-state index contributed by atoms with van der Waals surface area (Å²) < 4.78 is 0. The highest BCUT2D eigenvalue weighted by molar-refractivity contribution is 5.93. The van der Waals surface area contributed by atoms with E-state index in [4.69, 9.17) is 0 Å². The number of nitrogens with zero attached hydrogens (tertiary/aromatic N) is 5. The summed E-state index contributed by atoms with van der Waals surface area (Å²) in [6.45, 7) is 0.377. The van der Waals surface area contributed by atoms with Crippen LogP contribution in [0.3, 0.4) is 0 Å². The highest BCUT2D eigenvalue weighted by Gasteiger charge is 2.11. The van der Waals surface area contributed by atoms with E-state index in [9.17, 15) is 4.79 Å². The Morgan fingerprint density at radius 2 is 1.76 bits per heavy atom. The van der Waals surface area contributed by atoms with Crippen molar-refractivity contribution < 1.29 is 4.79 Å². The fourth-order valence-electron chi connectivity index (χ4n) is 2.32. The Morgan fingerprint density at radius 3 is 2.44 bits per heavy atom. The number of hydrogen-bond acceptors (Lipinski definition) is 6. The van der Waals surface area contributed by atoms with Gasteiger partial charge in [-0.25, -0.2) is 15.0 Å². The van der Waals surface area contributed by atoms with E-state index in [0.717, 1.165) is 11.4 Å². The van der Waals surface area contributed by atoms with Crippen LogP contribution in [0.25, 0.3) is 11.5 Å². The van der Waals surface area contributed by atoms with Gasteiger partial charge in [0.25, 0.3) is 5.91 Å². The van der Waals surface area contributed by atoms with E-state index in [0.29, 0.717) is 23.6 Å². The molecule has 0 aliphatic heterocycles. The molecular formula is C18H18N6O. The average molecular weight is 334 g/mol. The smallest absolute Gasteiger partial charge is 0.254 e. The summed E-state index contributed by atoms with van der Waals surface area (Å²) in [5, 5.41) is 2.87. The highest BCUT2D eigenvalue weighted by Crippen LogP contribution is 2.14. The molecule has 7 nitrogen and oxygen atoms in total. The third kappa shape index (κ3) is 3.95. The molecule has 0 aliphatic rings. The van der Waals surface area contributed by atoms with Crippen LogP contribution >= 0.6 is 0 Å². The molecule has 0 aromatic carbocycles. The van der Waals surface area contributed by atoms with Crippen LogP contribution in [0.15, 0.2) is 55.1 Å². The van der Waals surface area contributed by atoms with Crippen molar-refractivity contribution in [2.75, 3.05) is 19.0 Å². The van der Waals surface area contributed by atoms with Gasteiger partial charge in [-0.2, -0.15) is 0 Å². The lowest BCUT2D eigenvalue weighted by molar-refractivity contribution is 0.0950. The van der Waals surface area contributed by atoms with Crippen LogP contribution in [0.2, 0.25) is 0 Å². The Bertz CT molecular complexity index is 849. The molecule has 1 N–H and O–H groups in total. The van der Waals surface area contributed by atoms with Gasteiger partial charge < -0.3 is 10.2 Å². The zero-order valence-corrected chi connectivity index (χ0v) is 14.0. The van der Waals surface area contributed by atoms with Gasteiger partial charge in [0.1, 0.15) is 11.5 Å². The van der Waals surface area contributed by atoms with Crippen LogP contribution in [-0.4, -0.2) is 39.9 Å². The number of nitrogens with one attached hydrogen (secondary N) is 1. The minimum atomic E-state index is -0.235. The summed E-state index contributed by atoms with van der Waals surface area (Å²) in [5.74, 6) is 1.07. The molecule has 1 amide bonds. The number of anilines is 1. The van der Waals surface area contributed by atoms with E-state index in [1.807, 2.05) is 49.3 Å². The standard InChI is InChI=1S/C18H18N6O/c1-24(2)17-13(6-5-9-20-17)10-23-18(25)14-11-21-16(22-12-14)15-7-3-4-8-19-15/h3-9,11-12H,10H2,1-2H3,(H,23,25). The van der Waals surface area contributed by atoms with E-state index in [1.54, 1.807) is 12.4 Å². The monoisotopic (exact) mass is 334 g/mol. The second-order valence-corrected chi connectivity index (χ2v) is 5.57. The number of pyridine rings is 2. The number of carbonyl (C=O) groups excluding carboxylic acids is 1. The first-order chi connectivity index (χ1) is 12.1. The molecule has 0 saturated carbocycles. The lowest BCUT2D eigenvalue weighted by atomic mass is 10.2. The molecule has 0 bridgehead atoms. The Labute approximate surface area is 145 Å². The summed E-state index contributed by atoms with van der Waals surface area (Å²) in [6.07, 6.45) is 6.41. The second-order valence-electron chi connectivity index (χ2n) is 5.57. The lowest BCUT2D eigenvalue weighted by Gasteiger charge is -2.16. The van der Waals surface area contributed by atoms with Crippen LogP contribution in [0.1, 0.15) is 15.9 Å². The number of amides is 1. The SMILES string of the molecule is CN(C)c1ncccc1CNC(=O)c1cnc(-c2ccccn2)nc1. The molecule has 0 aliphatic carbocycles. The van der Waals surface area contributed by atoms with Gasteiger partial charge in [-0.3, -0.25) is 9.78 Å². The predicted octanol–water partition coefficient (Wildman–Crippen LogP) is 1.93. The van der Waals surface area contributed by atoms with Crippen LogP contribution in [0.5, 0.6) is 0 Å². The van der Waals surface area contributed by atoms with E-state index in [1.165, 1.54) is 12.4 Å².